The number of aliphatic hydroxyl groups excluding tert-OH is 1. The maximum Gasteiger partial charge on any atom is 0.254 e. The lowest BCUT2D eigenvalue weighted by atomic mass is 10.0. The highest BCUT2D eigenvalue weighted by Gasteiger charge is 2.10. The first-order valence-corrected chi connectivity index (χ1v) is 12.3. The van der Waals surface area contributed by atoms with Crippen molar-refractivity contribution >= 4 is 11.8 Å². The summed E-state index contributed by atoms with van der Waals surface area (Å²) in [6.07, 6.45) is 20.8. The second-order valence-electron chi connectivity index (χ2n) is 7.43. The van der Waals surface area contributed by atoms with Gasteiger partial charge in [-0.2, -0.15) is 11.8 Å². The van der Waals surface area contributed by atoms with Gasteiger partial charge in [-0.3, -0.25) is 0 Å². The molecule has 0 spiro atoms. The number of hydrogen-bond donors (Lipinski definition) is 1. The van der Waals surface area contributed by atoms with Crippen LogP contribution in [0.25, 0.3) is 0 Å². The molecular formula is C22H41NO3S. The van der Waals surface area contributed by atoms with Gasteiger partial charge in [-0.15, -0.1) is 0 Å². The topological polar surface area (TPSA) is 55.5 Å². The van der Waals surface area contributed by atoms with Crippen molar-refractivity contribution in [2.75, 3.05) is 18.1 Å². The summed E-state index contributed by atoms with van der Waals surface area (Å²) in [5.74, 6) is 2.38. The zero-order valence-corrected chi connectivity index (χ0v) is 18.2. The smallest absolute Gasteiger partial charge is 0.254 e. The molecule has 158 valence electrons. The van der Waals surface area contributed by atoms with Crippen LogP contribution in [-0.2, 0) is 0 Å². The average molecular weight is 400 g/mol. The third-order valence-electron chi connectivity index (χ3n) is 4.85. The molecule has 0 amide bonds. The molecule has 1 atom stereocenters. The minimum Gasteiger partial charge on any atom is -0.469 e. The average Bonchev–Trinajstić information content (AvgIpc) is 3.19. The molecule has 0 radical (unpaired) electrons. The van der Waals surface area contributed by atoms with Crippen LogP contribution >= 0.6 is 11.8 Å². The van der Waals surface area contributed by atoms with Crippen LogP contribution in [0.1, 0.15) is 96.8 Å². The summed E-state index contributed by atoms with van der Waals surface area (Å²) in [4.78, 5) is 0. The molecule has 0 saturated heterocycles. The van der Waals surface area contributed by atoms with E-state index in [1.807, 2.05) is 11.8 Å². The summed E-state index contributed by atoms with van der Waals surface area (Å²) >= 11 is 1.85. The monoisotopic (exact) mass is 399 g/mol. The van der Waals surface area contributed by atoms with Gasteiger partial charge in [0, 0.05) is 11.8 Å². The van der Waals surface area contributed by atoms with Crippen molar-refractivity contribution < 1.29 is 14.4 Å². The van der Waals surface area contributed by atoms with Crippen LogP contribution in [0, 0.1) is 0 Å². The Kier molecular flexibility index (Phi) is 16.8. The number of ether oxygens (including phenoxy) is 1. The molecule has 0 fully saturated rings. The van der Waals surface area contributed by atoms with Crippen molar-refractivity contribution in [3.05, 3.63) is 12.3 Å². The standard InChI is InChI=1S/C22H41NO3S/c1-2-3-4-5-6-7-8-9-10-11-12-13-14-15-18-27-20-21(19-24)26-22-16-17-25-23-22/h16-17,21,24H,2-15,18-20H2,1H3. The molecule has 1 N–H and O–H groups in total. The van der Waals surface area contributed by atoms with Gasteiger partial charge in [0.15, 0.2) is 0 Å². The fourth-order valence-electron chi connectivity index (χ4n) is 3.17. The van der Waals surface area contributed by atoms with Crippen LogP contribution in [-0.4, -0.2) is 34.5 Å². The van der Waals surface area contributed by atoms with Gasteiger partial charge in [-0.05, 0) is 17.3 Å². The van der Waals surface area contributed by atoms with Gasteiger partial charge in [-0.25, -0.2) is 0 Å². The highest BCUT2D eigenvalue weighted by Crippen LogP contribution is 2.15. The van der Waals surface area contributed by atoms with Gasteiger partial charge in [0.25, 0.3) is 5.88 Å². The predicted molar refractivity (Wildman–Crippen MR) is 116 cm³/mol. The van der Waals surface area contributed by atoms with Crippen LogP contribution in [0.5, 0.6) is 5.88 Å². The number of nitrogens with zero attached hydrogens (tertiary/aromatic N) is 1. The Morgan fingerprint density at radius 3 is 1.96 bits per heavy atom. The van der Waals surface area contributed by atoms with Gasteiger partial charge in [0.2, 0.25) is 0 Å². The Morgan fingerprint density at radius 2 is 1.48 bits per heavy atom. The van der Waals surface area contributed by atoms with E-state index in [4.69, 9.17) is 9.26 Å². The van der Waals surface area contributed by atoms with Crippen molar-refractivity contribution in [2.45, 2.75) is 103 Å². The molecule has 0 aliphatic heterocycles. The van der Waals surface area contributed by atoms with E-state index in [0.717, 1.165) is 11.5 Å². The fourth-order valence-corrected chi connectivity index (χ4v) is 4.18. The second kappa shape index (κ2) is 18.7. The van der Waals surface area contributed by atoms with Crippen molar-refractivity contribution in [3.8, 4) is 5.88 Å². The van der Waals surface area contributed by atoms with Gasteiger partial charge in [-0.1, -0.05) is 90.4 Å². The maximum atomic E-state index is 9.35. The molecule has 1 unspecified atom stereocenters. The summed E-state index contributed by atoms with van der Waals surface area (Å²) in [6, 6.07) is 1.67. The third kappa shape index (κ3) is 15.0. The lowest BCUT2D eigenvalue weighted by molar-refractivity contribution is 0.124. The summed E-state index contributed by atoms with van der Waals surface area (Å²) in [7, 11) is 0. The molecule has 0 saturated carbocycles. The fraction of sp³-hybridized carbons (Fsp3) is 0.864. The van der Waals surface area contributed by atoms with E-state index in [2.05, 4.69) is 12.1 Å². The Labute approximate surface area is 170 Å². The minimum atomic E-state index is -0.202. The lowest BCUT2D eigenvalue weighted by Crippen LogP contribution is -2.24. The van der Waals surface area contributed by atoms with E-state index >= 15 is 0 Å². The van der Waals surface area contributed by atoms with Crippen molar-refractivity contribution in [2.24, 2.45) is 0 Å². The maximum absolute atomic E-state index is 9.35. The molecule has 1 heterocycles. The van der Waals surface area contributed by atoms with Crippen LogP contribution < -0.4 is 4.74 Å². The van der Waals surface area contributed by atoms with Crippen LogP contribution in [0.2, 0.25) is 0 Å². The van der Waals surface area contributed by atoms with Gasteiger partial charge in [0.1, 0.15) is 12.4 Å². The largest absolute Gasteiger partial charge is 0.469 e. The SMILES string of the molecule is CCCCCCCCCCCCCCCCSCC(CO)Oc1ccon1. The molecular weight excluding hydrogens is 358 g/mol. The molecule has 1 rings (SSSR count). The van der Waals surface area contributed by atoms with Crippen molar-refractivity contribution in [3.63, 3.8) is 0 Å². The van der Waals surface area contributed by atoms with Crippen LogP contribution in [0.15, 0.2) is 16.9 Å². The molecule has 1 aromatic heterocycles. The van der Waals surface area contributed by atoms with E-state index in [1.165, 1.54) is 96.2 Å². The molecule has 4 nitrogen and oxygen atoms in total. The summed E-state index contributed by atoms with van der Waals surface area (Å²) in [6.45, 7) is 2.29. The third-order valence-corrected chi connectivity index (χ3v) is 6.04. The quantitative estimate of drug-likeness (QED) is 0.249. The Hall–Kier alpha value is -0.680. The van der Waals surface area contributed by atoms with Gasteiger partial charge in [0.05, 0.1) is 6.61 Å². The molecule has 1 aromatic rings. The zero-order valence-electron chi connectivity index (χ0n) is 17.4. The highest BCUT2D eigenvalue weighted by atomic mass is 32.2. The number of hydrogen-bond acceptors (Lipinski definition) is 5. The highest BCUT2D eigenvalue weighted by molar-refractivity contribution is 7.99. The first-order valence-electron chi connectivity index (χ1n) is 11.1. The first-order chi connectivity index (χ1) is 13.4. The molecule has 0 bridgehead atoms. The molecule has 0 aromatic carbocycles. The number of aliphatic hydroxyl groups is 1. The second-order valence-corrected chi connectivity index (χ2v) is 8.58. The van der Waals surface area contributed by atoms with E-state index < -0.39 is 0 Å². The van der Waals surface area contributed by atoms with Gasteiger partial charge < -0.3 is 14.4 Å². The van der Waals surface area contributed by atoms with E-state index in [1.54, 1.807) is 6.07 Å². The lowest BCUT2D eigenvalue weighted by Gasteiger charge is -2.13. The Balaban J connectivity index is 1.77. The normalized spacial score (nSPS) is 12.4. The van der Waals surface area contributed by atoms with Crippen molar-refractivity contribution in [1.82, 2.24) is 5.16 Å². The number of unbranched alkanes of at least 4 members (excludes halogenated alkanes) is 13. The number of aromatic nitrogens is 1. The molecule has 0 aliphatic rings. The molecule has 5 heteroatoms. The number of thioether (sulfide) groups is 1. The Bertz CT molecular complexity index is 400. The zero-order chi connectivity index (χ0) is 19.4. The van der Waals surface area contributed by atoms with E-state index in [9.17, 15) is 5.11 Å². The predicted octanol–water partition coefficient (Wildman–Crippen LogP) is 6.63. The van der Waals surface area contributed by atoms with E-state index in [0.29, 0.717) is 5.88 Å². The number of rotatable bonds is 20. The molecule has 27 heavy (non-hydrogen) atoms. The van der Waals surface area contributed by atoms with Crippen molar-refractivity contribution in [1.29, 1.82) is 0 Å². The van der Waals surface area contributed by atoms with E-state index in [-0.39, 0.29) is 12.7 Å². The summed E-state index contributed by atoms with van der Waals surface area (Å²) in [5, 5.41) is 13.1. The van der Waals surface area contributed by atoms with Gasteiger partial charge >= 0.3 is 0 Å². The first kappa shape index (κ1) is 24.4. The van der Waals surface area contributed by atoms with Crippen LogP contribution in [0.3, 0.4) is 0 Å². The van der Waals surface area contributed by atoms with Crippen LogP contribution in [0.4, 0.5) is 0 Å². The Morgan fingerprint density at radius 1 is 0.926 bits per heavy atom. The summed E-state index contributed by atoms with van der Waals surface area (Å²) in [5.41, 5.74) is 0. The summed E-state index contributed by atoms with van der Waals surface area (Å²) < 4.78 is 10.3. The molecule has 0 aliphatic carbocycles. The minimum absolute atomic E-state index is 0.0125.